The maximum Gasteiger partial charge on any atom is 0.416 e. The fourth-order valence-corrected chi connectivity index (χ4v) is 5.17. The highest BCUT2D eigenvalue weighted by Gasteiger charge is 2.59. The zero-order chi connectivity index (χ0) is 23.0. The van der Waals surface area contributed by atoms with Crippen LogP contribution in [0.5, 0.6) is 0 Å². The fraction of sp³-hybridized carbons (Fsp3) is 0.360. The molecule has 164 valence electrons. The molecule has 5 rings (SSSR count). The van der Waals surface area contributed by atoms with Crippen molar-refractivity contribution in [3.05, 3.63) is 93.6 Å². The van der Waals surface area contributed by atoms with Crippen LogP contribution >= 0.6 is 0 Å². The molecule has 0 saturated carbocycles. The second-order valence-corrected chi connectivity index (χ2v) is 9.31. The summed E-state index contributed by atoms with van der Waals surface area (Å²) in [6.45, 7) is 7.97. The predicted octanol–water partition coefficient (Wildman–Crippen LogP) is 7.94. The first-order valence-electron chi connectivity index (χ1n) is 10.0. The fourth-order valence-electron chi connectivity index (χ4n) is 5.17. The van der Waals surface area contributed by atoms with E-state index in [-0.39, 0.29) is 11.3 Å². The van der Waals surface area contributed by atoms with E-state index in [0.717, 1.165) is 41.0 Å². The Balaban J connectivity index is 2.03. The second-order valence-electron chi connectivity index (χ2n) is 9.31. The summed E-state index contributed by atoms with van der Waals surface area (Å²) in [7, 11) is 0. The molecule has 2 bridgehead atoms. The van der Waals surface area contributed by atoms with Gasteiger partial charge in [-0.15, -0.1) is 0 Å². The van der Waals surface area contributed by atoms with Crippen molar-refractivity contribution in [2.24, 2.45) is 11.3 Å². The molecule has 2 aromatic carbocycles. The van der Waals surface area contributed by atoms with E-state index in [1.54, 1.807) is 12.1 Å². The van der Waals surface area contributed by atoms with Gasteiger partial charge in [-0.3, -0.25) is 0 Å². The van der Waals surface area contributed by atoms with Crippen LogP contribution in [-0.4, -0.2) is 0 Å². The molecule has 0 aliphatic heterocycles. The summed E-state index contributed by atoms with van der Waals surface area (Å²) in [5.41, 5.74) is 0.399. The largest absolute Gasteiger partial charge is 0.416 e. The lowest BCUT2D eigenvalue weighted by Crippen LogP contribution is -2.43. The lowest BCUT2D eigenvalue weighted by Gasteiger charge is -2.50. The van der Waals surface area contributed by atoms with E-state index >= 15 is 0 Å². The molecule has 3 aliphatic rings. The van der Waals surface area contributed by atoms with Gasteiger partial charge >= 0.3 is 12.4 Å². The molecule has 0 nitrogen and oxygen atoms in total. The molecule has 2 aromatic rings. The molecule has 0 saturated heterocycles. The van der Waals surface area contributed by atoms with E-state index in [1.165, 1.54) is 12.1 Å². The highest BCUT2D eigenvalue weighted by atomic mass is 19.4. The van der Waals surface area contributed by atoms with Crippen molar-refractivity contribution in [1.82, 2.24) is 0 Å². The van der Waals surface area contributed by atoms with E-state index in [9.17, 15) is 26.3 Å². The third-order valence-corrected chi connectivity index (χ3v) is 6.21. The van der Waals surface area contributed by atoms with Gasteiger partial charge in [0, 0.05) is 0 Å². The van der Waals surface area contributed by atoms with Crippen molar-refractivity contribution in [3.8, 4) is 0 Å². The minimum Gasteiger partial charge on any atom is -0.166 e. The van der Waals surface area contributed by atoms with Crippen molar-refractivity contribution in [1.29, 1.82) is 0 Å². The highest BCUT2D eigenvalue weighted by Crippen LogP contribution is 2.68. The maximum absolute atomic E-state index is 13.5. The number of hydrogen-bond acceptors (Lipinski definition) is 0. The number of benzene rings is 2. The van der Waals surface area contributed by atoms with Crippen LogP contribution in [0.2, 0.25) is 0 Å². The first-order chi connectivity index (χ1) is 14.2. The molecule has 0 radical (unpaired) electrons. The summed E-state index contributed by atoms with van der Waals surface area (Å²) in [6.07, 6.45) is -7.11. The Morgan fingerprint density at radius 3 is 1.52 bits per heavy atom. The SMILES string of the molecule is CC1C=C2C(C(C)(C)C)=C1C2(c1cccc(C(F)(F)F)c1)c1cccc(C(F)(F)F)c1. The molecule has 0 fully saturated rings. The van der Waals surface area contributed by atoms with Crippen LogP contribution in [0.1, 0.15) is 49.9 Å². The van der Waals surface area contributed by atoms with Crippen LogP contribution in [0.15, 0.2) is 71.3 Å². The molecule has 0 heterocycles. The summed E-state index contributed by atoms with van der Waals surface area (Å²) in [4.78, 5) is 0. The van der Waals surface area contributed by atoms with E-state index in [1.807, 2.05) is 33.8 Å². The molecule has 6 heteroatoms. The molecule has 31 heavy (non-hydrogen) atoms. The van der Waals surface area contributed by atoms with Crippen molar-refractivity contribution >= 4 is 0 Å². The summed E-state index contributed by atoms with van der Waals surface area (Å²) in [6, 6.07) is 9.95. The molecule has 3 aliphatic carbocycles. The lowest BCUT2D eigenvalue weighted by atomic mass is 9.51. The van der Waals surface area contributed by atoms with Gasteiger partial charge in [0.25, 0.3) is 0 Å². The number of fused-ring (bicyclic) bond motifs is 1. The molecule has 1 atom stereocenters. The molecule has 0 aromatic heterocycles. The van der Waals surface area contributed by atoms with Crippen molar-refractivity contribution in [2.75, 3.05) is 0 Å². The van der Waals surface area contributed by atoms with Crippen LogP contribution < -0.4 is 0 Å². The van der Waals surface area contributed by atoms with Crippen LogP contribution in [0, 0.1) is 11.3 Å². The zero-order valence-corrected chi connectivity index (χ0v) is 17.5. The topological polar surface area (TPSA) is 0 Å². The van der Waals surface area contributed by atoms with Gasteiger partial charge in [0.05, 0.1) is 16.5 Å². The van der Waals surface area contributed by atoms with Crippen LogP contribution in [0.4, 0.5) is 26.3 Å². The minimum atomic E-state index is -4.55. The van der Waals surface area contributed by atoms with Gasteiger partial charge in [0.2, 0.25) is 0 Å². The third kappa shape index (κ3) is 3.14. The summed E-state index contributed by atoms with van der Waals surface area (Å²) >= 11 is 0. The second kappa shape index (κ2) is 6.50. The molecule has 0 N–H and O–H groups in total. The van der Waals surface area contributed by atoms with Gasteiger partial charge < -0.3 is 0 Å². The van der Waals surface area contributed by atoms with E-state index < -0.39 is 28.9 Å². The zero-order valence-electron chi connectivity index (χ0n) is 17.5. The molecular weight excluding hydrogens is 414 g/mol. The summed E-state index contributed by atoms with van der Waals surface area (Å²) in [5.74, 6) is -0.0756. The molecule has 1 unspecified atom stereocenters. The number of allylic oxidation sites excluding steroid dienone is 4. The molecule has 0 spiro atoms. The third-order valence-electron chi connectivity index (χ3n) is 6.21. The van der Waals surface area contributed by atoms with Gasteiger partial charge in [0.15, 0.2) is 0 Å². The highest BCUT2D eigenvalue weighted by molar-refractivity contribution is 5.78. The van der Waals surface area contributed by atoms with Gasteiger partial charge in [-0.2, -0.15) is 26.3 Å². The monoisotopic (exact) mass is 436 g/mol. The minimum absolute atomic E-state index is 0.0756. The van der Waals surface area contributed by atoms with Crippen LogP contribution in [-0.2, 0) is 17.8 Å². The van der Waals surface area contributed by atoms with Crippen molar-refractivity contribution < 1.29 is 26.3 Å². The lowest BCUT2D eigenvalue weighted by molar-refractivity contribution is -0.138. The Bertz CT molecular complexity index is 1050. The Morgan fingerprint density at radius 2 is 1.19 bits per heavy atom. The first kappa shape index (κ1) is 21.7. The van der Waals surface area contributed by atoms with Gasteiger partial charge in [0.1, 0.15) is 0 Å². The average Bonchev–Trinajstić information content (AvgIpc) is 3.14. The Kier molecular flexibility index (Phi) is 4.56. The standard InChI is InChI=1S/C25H22F6/c1-14-11-19-21(22(2,3)4)20(14)23(19,15-7-5-9-17(12-15)24(26,27)28)16-8-6-10-18(13-16)25(29,30)31/h5-14H,1-4H3. The van der Waals surface area contributed by atoms with E-state index in [0.29, 0.717) is 11.1 Å². The molecule has 0 amide bonds. The quantitative estimate of drug-likeness (QED) is 0.419. The number of alkyl halides is 6. The maximum atomic E-state index is 13.5. The predicted molar refractivity (Wildman–Crippen MR) is 107 cm³/mol. The van der Waals surface area contributed by atoms with Crippen molar-refractivity contribution in [2.45, 2.75) is 45.5 Å². The number of halogens is 6. The number of rotatable bonds is 2. The smallest absolute Gasteiger partial charge is 0.166 e. The van der Waals surface area contributed by atoms with Gasteiger partial charge in [-0.25, -0.2) is 0 Å². The average molecular weight is 436 g/mol. The van der Waals surface area contributed by atoms with Gasteiger partial charge in [-0.1, -0.05) is 70.2 Å². The molecular formula is C25H22F6. The summed E-state index contributed by atoms with van der Waals surface area (Å²) < 4.78 is 80.9. The van der Waals surface area contributed by atoms with E-state index in [2.05, 4.69) is 0 Å². The Labute approximate surface area is 177 Å². The number of hydrogen-bond donors (Lipinski definition) is 0. The Morgan fingerprint density at radius 1 is 0.742 bits per heavy atom. The van der Waals surface area contributed by atoms with Crippen molar-refractivity contribution in [3.63, 3.8) is 0 Å². The Hall–Kier alpha value is -2.50. The normalized spacial score (nSPS) is 20.6. The van der Waals surface area contributed by atoms with Crippen LogP contribution in [0.25, 0.3) is 0 Å². The van der Waals surface area contributed by atoms with Gasteiger partial charge in [-0.05, 0) is 51.3 Å². The van der Waals surface area contributed by atoms with E-state index in [4.69, 9.17) is 0 Å². The summed E-state index contributed by atoms with van der Waals surface area (Å²) in [5, 5.41) is 0. The first-order valence-corrected chi connectivity index (χ1v) is 10.0. The van der Waals surface area contributed by atoms with Crippen LogP contribution in [0.3, 0.4) is 0 Å².